The molecular weight excluding hydrogens is 246 g/mol. The van der Waals surface area contributed by atoms with E-state index < -0.39 is 0 Å². The fourth-order valence-corrected chi connectivity index (χ4v) is 3.16. The molecule has 1 aliphatic heterocycles. The summed E-state index contributed by atoms with van der Waals surface area (Å²) in [6.07, 6.45) is 0. The third kappa shape index (κ3) is 2.91. The summed E-state index contributed by atoms with van der Waals surface area (Å²) in [6.45, 7) is 5.66. The summed E-state index contributed by atoms with van der Waals surface area (Å²) < 4.78 is 0. The van der Waals surface area contributed by atoms with Gasteiger partial charge in [-0.2, -0.15) is 0 Å². The van der Waals surface area contributed by atoms with Crippen LogP contribution in [0.3, 0.4) is 0 Å². The minimum atomic E-state index is -0.0322. The number of nitrogens with zero attached hydrogens (tertiary/aromatic N) is 2. The molecule has 1 aromatic heterocycles. The molecule has 1 N–H and O–H groups in total. The van der Waals surface area contributed by atoms with Crippen LogP contribution in [-0.4, -0.2) is 55.5 Å². The predicted octanol–water partition coefficient (Wildman–Crippen LogP) is 0.919. The van der Waals surface area contributed by atoms with Gasteiger partial charge in [0.05, 0.1) is 0 Å². The lowest BCUT2D eigenvalue weighted by atomic mass is 10.1. The van der Waals surface area contributed by atoms with Crippen LogP contribution >= 0.6 is 11.3 Å². The molecule has 0 aliphatic carbocycles. The molecule has 0 saturated carbocycles. The van der Waals surface area contributed by atoms with Crippen molar-refractivity contribution < 1.29 is 4.79 Å². The topological polar surface area (TPSA) is 35.6 Å². The number of amides is 1. The number of carbonyl (C=O) groups is 1. The summed E-state index contributed by atoms with van der Waals surface area (Å²) in [6, 6.07) is 2.11. The van der Waals surface area contributed by atoms with Crippen molar-refractivity contribution in [2.45, 2.75) is 19.5 Å². The Hall–Kier alpha value is -0.910. The average Bonchev–Trinajstić information content (AvgIpc) is 2.75. The van der Waals surface area contributed by atoms with Crippen LogP contribution in [0, 0.1) is 6.92 Å². The maximum atomic E-state index is 12.2. The molecule has 1 aliphatic rings. The Kier molecular flexibility index (Phi) is 4.37. The van der Waals surface area contributed by atoms with Gasteiger partial charge in [0.2, 0.25) is 5.91 Å². The maximum absolute atomic E-state index is 12.2. The molecule has 5 heteroatoms. The zero-order valence-corrected chi connectivity index (χ0v) is 12.1. The summed E-state index contributed by atoms with van der Waals surface area (Å²) in [7, 11) is 3.65. The van der Waals surface area contributed by atoms with Gasteiger partial charge >= 0.3 is 0 Å². The lowest BCUT2D eigenvalue weighted by Gasteiger charge is -2.36. The SMILES string of the molecule is Cc1ccsc1CN1CCNCC1C(=O)N(C)C. The molecule has 0 bridgehead atoms. The molecular formula is C13H21N3OS. The summed E-state index contributed by atoms with van der Waals surface area (Å²) >= 11 is 1.78. The Morgan fingerprint density at radius 2 is 2.39 bits per heavy atom. The highest BCUT2D eigenvalue weighted by atomic mass is 32.1. The van der Waals surface area contributed by atoms with Crippen molar-refractivity contribution in [3.05, 3.63) is 21.9 Å². The first-order valence-corrected chi connectivity index (χ1v) is 7.16. The van der Waals surface area contributed by atoms with Gasteiger partial charge in [-0.1, -0.05) is 0 Å². The standard InChI is InChI=1S/C13H21N3OS/c1-10-4-7-18-12(10)9-16-6-5-14-8-11(16)13(17)15(2)3/h4,7,11,14H,5-6,8-9H2,1-3H3. The number of piperazine rings is 1. The fourth-order valence-electron chi connectivity index (χ4n) is 2.23. The largest absolute Gasteiger partial charge is 0.347 e. The molecule has 1 unspecified atom stereocenters. The zero-order valence-electron chi connectivity index (χ0n) is 11.3. The van der Waals surface area contributed by atoms with Gasteiger partial charge in [-0.15, -0.1) is 11.3 Å². The highest BCUT2D eigenvalue weighted by molar-refractivity contribution is 7.10. The number of nitrogens with one attached hydrogen (secondary N) is 1. The van der Waals surface area contributed by atoms with Crippen LogP contribution in [0.1, 0.15) is 10.4 Å². The number of likely N-dealkylation sites (N-methyl/N-ethyl adjacent to an activating group) is 1. The van der Waals surface area contributed by atoms with Crippen molar-refractivity contribution in [2.24, 2.45) is 0 Å². The number of hydrogen-bond acceptors (Lipinski definition) is 4. The van der Waals surface area contributed by atoms with Crippen LogP contribution in [0.4, 0.5) is 0 Å². The molecule has 2 heterocycles. The first kappa shape index (κ1) is 13.5. The van der Waals surface area contributed by atoms with Crippen molar-refractivity contribution in [2.75, 3.05) is 33.7 Å². The lowest BCUT2D eigenvalue weighted by Crippen LogP contribution is -2.57. The first-order valence-electron chi connectivity index (χ1n) is 6.28. The van der Waals surface area contributed by atoms with Crippen LogP contribution in [0.15, 0.2) is 11.4 Å². The number of thiophene rings is 1. The second kappa shape index (κ2) is 5.82. The Morgan fingerprint density at radius 3 is 3.00 bits per heavy atom. The summed E-state index contributed by atoms with van der Waals surface area (Å²) in [5.41, 5.74) is 1.33. The smallest absolute Gasteiger partial charge is 0.240 e. The third-order valence-corrected chi connectivity index (χ3v) is 4.40. The Balaban J connectivity index is 2.09. The molecule has 100 valence electrons. The highest BCUT2D eigenvalue weighted by Crippen LogP contribution is 2.20. The van der Waals surface area contributed by atoms with Crippen LogP contribution in [0.25, 0.3) is 0 Å². The van der Waals surface area contributed by atoms with E-state index in [0.717, 1.165) is 26.2 Å². The molecule has 0 aromatic carbocycles. The van der Waals surface area contributed by atoms with Gasteiger partial charge in [-0.3, -0.25) is 9.69 Å². The molecule has 1 fully saturated rings. The van der Waals surface area contributed by atoms with Gasteiger partial charge in [0.15, 0.2) is 0 Å². The quantitative estimate of drug-likeness (QED) is 0.884. The number of rotatable bonds is 3. The van der Waals surface area contributed by atoms with Crippen molar-refractivity contribution in [1.82, 2.24) is 15.1 Å². The van der Waals surface area contributed by atoms with Gasteiger partial charge in [0.1, 0.15) is 6.04 Å². The van der Waals surface area contributed by atoms with Crippen molar-refractivity contribution in [3.8, 4) is 0 Å². The monoisotopic (exact) mass is 267 g/mol. The Morgan fingerprint density at radius 1 is 1.61 bits per heavy atom. The van der Waals surface area contributed by atoms with Crippen LogP contribution in [0.2, 0.25) is 0 Å². The van der Waals surface area contributed by atoms with Crippen LogP contribution in [0.5, 0.6) is 0 Å². The minimum absolute atomic E-state index is 0.0322. The van der Waals surface area contributed by atoms with Crippen LogP contribution in [-0.2, 0) is 11.3 Å². The molecule has 4 nitrogen and oxygen atoms in total. The molecule has 1 amide bonds. The number of aryl methyl sites for hydroxylation is 1. The Bertz CT molecular complexity index is 416. The van der Waals surface area contributed by atoms with Gasteiger partial charge < -0.3 is 10.2 Å². The normalized spacial score (nSPS) is 20.9. The van der Waals surface area contributed by atoms with E-state index in [1.165, 1.54) is 10.4 Å². The second-order valence-corrected chi connectivity index (χ2v) is 5.95. The van der Waals surface area contributed by atoms with Gasteiger partial charge in [-0.05, 0) is 23.9 Å². The number of hydrogen-bond donors (Lipinski definition) is 1. The van der Waals surface area contributed by atoms with E-state index in [1.54, 1.807) is 16.2 Å². The van der Waals surface area contributed by atoms with E-state index in [2.05, 4.69) is 28.6 Å². The lowest BCUT2D eigenvalue weighted by molar-refractivity contribution is -0.135. The molecule has 0 spiro atoms. The van der Waals surface area contributed by atoms with E-state index in [0.29, 0.717) is 0 Å². The van der Waals surface area contributed by atoms with Gasteiger partial charge in [0, 0.05) is 45.2 Å². The zero-order chi connectivity index (χ0) is 13.1. The van der Waals surface area contributed by atoms with Crippen molar-refractivity contribution >= 4 is 17.2 Å². The first-order chi connectivity index (χ1) is 8.59. The van der Waals surface area contributed by atoms with E-state index in [4.69, 9.17) is 0 Å². The van der Waals surface area contributed by atoms with Gasteiger partial charge in [0.25, 0.3) is 0 Å². The second-order valence-electron chi connectivity index (χ2n) is 4.95. The van der Waals surface area contributed by atoms with E-state index in [-0.39, 0.29) is 11.9 Å². The summed E-state index contributed by atoms with van der Waals surface area (Å²) in [5.74, 6) is 0.191. The molecule has 1 aromatic rings. The van der Waals surface area contributed by atoms with Crippen molar-refractivity contribution in [1.29, 1.82) is 0 Å². The minimum Gasteiger partial charge on any atom is -0.347 e. The molecule has 2 rings (SSSR count). The average molecular weight is 267 g/mol. The van der Waals surface area contributed by atoms with Crippen LogP contribution < -0.4 is 5.32 Å². The molecule has 18 heavy (non-hydrogen) atoms. The van der Waals surface area contributed by atoms with E-state index in [9.17, 15) is 4.79 Å². The highest BCUT2D eigenvalue weighted by Gasteiger charge is 2.29. The Labute approximate surface area is 113 Å². The van der Waals surface area contributed by atoms with E-state index >= 15 is 0 Å². The fraction of sp³-hybridized carbons (Fsp3) is 0.615. The number of carbonyl (C=O) groups excluding carboxylic acids is 1. The predicted molar refractivity (Wildman–Crippen MR) is 74.8 cm³/mol. The molecule has 0 radical (unpaired) electrons. The molecule has 1 atom stereocenters. The summed E-state index contributed by atoms with van der Waals surface area (Å²) in [5, 5.41) is 5.43. The molecule has 1 saturated heterocycles. The summed E-state index contributed by atoms with van der Waals surface area (Å²) in [4.78, 5) is 17.5. The van der Waals surface area contributed by atoms with Gasteiger partial charge in [-0.25, -0.2) is 0 Å². The van der Waals surface area contributed by atoms with E-state index in [1.807, 2.05) is 14.1 Å². The van der Waals surface area contributed by atoms with Crippen molar-refractivity contribution in [3.63, 3.8) is 0 Å². The maximum Gasteiger partial charge on any atom is 0.240 e. The third-order valence-electron chi connectivity index (χ3n) is 3.39.